The van der Waals surface area contributed by atoms with Crippen molar-refractivity contribution >= 4 is 34.7 Å². The third kappa shape index (κ3) is 2.23. The lowest BCUT2D eigenvalue weighted by atomic mass is 10.1. The van der Waals surface area contributed by atoms with Crippen LogP contribution in [0.1, 0.15) is 15.9 Å². The van der Waals surface area contributed by atoms with Crippen LogP contribution < -0.4 is 4.90 Å². The molecule has 1 amide bonds. The predicted octanol–water partition coefficient (Wildman–Crippen LogP) is 2.98. The standard InChI is InChI=1S/C15H9ClN2O4/c16-12-4-2-1-3-9(12)8-17-13-6-5-10(18(21)22)7-11(13)14(19)15(17)20/h1-7H,8H2. The zero-order chi connectivity index (χ0) is 15.9. The van der Waals surface area contributed by atoms with Crippen molar-refractivity contribution in [3.63, 3.8) is 0 Å². The van der Waals surface area contributed by atoms with Crippen LogP contribution in [0.2, 0.25) is 5.02 Å². The Hall–Kier alpha value is -2.73. The van der Waals surface area contributed by atoms with Crippen molar-refractivity contribution in [2.75, 3.05) is 4.90 Å². The third-order valence-corrected chi connectivity index (χ3v) is 3.82. The first-order valence-corrected chi connectivity index (χ1v) is 6.75. The normalized spacial score (nSPS) is 13.4. The number of ketones is 1. The zero-order valence-electron chi connectivity index (χ0n) is 11.2. The van der Waals surface area contributed by atoms with Crippen LogP contribution in [-0.2, 0) is 11.3 Å². The monoisotopic (exact) mass is 316 g/mol. The molecular formula is C15H9ClN2O4. The van der Waals surface area contributed by atoms with Gasteiger partial charge in [-0.05, 0) is 17.7 Å². The van der Waals surface area contributed by atoms with E-state index in [1.54, 1.807) is 24.3 Å². The average Bonchev–Trinajstić information content (AvgIpc) is 2.74. The number of hydrogen-bond donors (Lipinski definition) is 0. The van der Waals surface area contributed by atoms with Crippen LogP contribution in [-0.4, -0.2) is 16.6 Å². The molecule has 22 heavy (non-hydrogen) atoms. The number of non-ortho nitro benzene ring substituents is 1. The number of amides is 1. The molecule has 0 spiro atoms. The lowest BCUT2D eigenvalue weighted by Gasteiger charge is -2.17. The van der Waals surface area contributed by atoms with Gasteiger partial charge in [0.2, 0.25) is 0 Å². The number of nitrogens with zero attached hydrogens (tertiary/aromatic N) is 2. The van der Waals surface area contributed by atoms with E-state index in [1.807, 2.05) is 0 Å². The van der Waals surface area contributed by atoms with Crippen molar-refractivity contribution in [1.29, 1.82) is 0 Å². The minimum Gasteiger partial charge on any atom is -0.300 e. The molecule has 0 fully saturated rings. The van der Waals surface area contributed by atoms with E-state index in [1.165, 1.54) is 17.0 Å². The summed E-state index contributed by atoms with van der Waals surface area (Å²) in [5.41, 5.74) is 0.878. The number of nitro benzene ring substituents is 1. The summed E-state index contributed by atoms with van der Waals surface area (Å²) in [6.07, 6.45) is 0. The van der Waals surface area contributed by atoms with E-state index in [-0.39, 0.29) is 17.8 Å². The zero-order valence-corrected chi connectivity index (χ0v) is 11.9. The molecule has 0 radical (unpaired) electrons. The summed E-state index contributed by atoms with van der Waals surface area (Å²) in [7, 11) is 0. The number of carbonyl (C=O) groups is 2. The predicted molar refractivity (Wildman–Crippen MR) is 80.1 cm³/mol. The highest BCUT2D eigenvalue weighted by atomic mass is 35.5. The molecule has 2 aromatic carbocycles. The molecule has 0 bridgehead atoms. The van der Waals surface area contributed by atoms with E-state index in [0.29, 0.717) is 16.3 Å². The summed E-state index contributed by atoms with van der Waals surface area (Å²) in [5, 5.41) is 11.3. The van der Waals surface area contributed by atoms with Crippen LogP contribution in [0, 0.1) is 10.1 Å². The molecule has 0 N–H and O–H groups in total. The van der Waals surface area contributed by atoms with E-state index in [4.69, 9.17) is 11.6 Å². The maximum absolute atomic E-state index is 12.1. The Morgan fingerprint density at radius 2 is 1.86 bits per heavy atom. The first-order chi connectivity index (χ1) is 10.5. The minimum absolute atomic E-state index is 0.0475. The van der Waals surface area contributed by atoms with Gasteiger partial charge < -0.3 is 4.90 Å². The fourth-order valence-corrected chi connectivity index (χ4v) is 2.55. The number of Topliss-reactive ketones (excluding diaryl/α,β-unsaturated/α-hetero) is 1. The van der Waals surface area contributed by atoms with Gasteiger partial charge >= 0.3 is 0 Å². The lowest BCUT2D eigenvalue weighted by Crippen LogP contribution is -2.29. The highest BCUT2D eigenvalue weighted by molar-refractivity contribution is 6.52. The molecule has 1 heterocycles. The van der Waals surface area contributed by atoms with Gasteiger partial charge in [-0.1, -0.05) is 29.8 Å². The summed E-state index contributed by atoms with van der Waals surface area (Å²) >= 11 is 6.07. The van der Waals surface area contributed by atoms with Crippen molar-refractivity contribution in [3.05, 3.63) is 68.7 Å². The molecule has 0 unspecified atom stereocenters. The maximum Gasteiger partial charge on any atom is 0.299 e. The van der Waals surface area contributed by atoms with Gasteiger partial charge in [0.25, 0.3) is 17.4 Å². The molecule has 0 saturated heterocycles. The maximum atomic E-state index is 12.1. The van der Waals surface area contributed by atoms with Crippen LogP contribution in [0.4, 0.5) is 11.4 Å². The Labute approximate surface area is 130 Å². The largest absolute Gasteiger partial charge is 0.300 e. The van der Waals surface area contributed by atoms with Crippen molar-refractivity contribution < 1.29 is 14.5 Å². The van der Waals surface area contributed by atoms with Gasteiger partial charge in [0.15, 0.2) is 0 Å². The van der Waals surface area contributed by atoms with E-state index in [9.17, 15) is 19.7 Å². The van der Waals surface area contributed by atoms with Crippen LogP contribution >= 0.6 is 11.6 Å². The number of benzene rings is 2. The quantitative estimate of drug-likeness (QED) is 0.495. The Kier molecular flexibility index (Phi) is 3.38. The number of fused-ring (bicyclic) bond motifs is 1. The molecule has 2 aromatic rings. The van der Waals surface area contributed by atoms with Gasteiger partial charge in [0.05, 0.1) is 22.7 Å². The minimum atomic E-state index is -0.745. The number of halogens is 1. The second-order valence-electron chi connectivity index (χ2n) is 4.77. The van der Waals surface area contributed by atoms with E-state index in [2.05, 4.69) is 0 Å². The van der Waals surface area contributed by atoms with E-state index in [0.717, 1.165) is 6.07 Å². The second kappa shape index (κ2) is 5.23. The molecule has 0 saturated carbocycles. The van der Waals surface area contributed by atoms with Gasteiger partial charge in [0.1, 0.15) is 0 Å². The average molecular weight is 317 g/mol. The highest BCUT2D eigenvalue weighted by Gasteiger charge is 2.37. The van der Waals surface area contributed by atoms with Crippen molar-refractivity contribution in [2.24, 2.45) is 0 Å². The molecule has 7 heteroatoms. The van der Waals surface area contributed by atoms with Gasteiger partial charge in [-0.3, -0.25) is 19.7 Å². The van der Waals surface area contributed by atoms with Gasteiger partial charge in [0, 0.05) is 17.2 Å². The van der Waals surface area contributed by atoms with Gasteiger partial charge in [-0.15, -0.1) is 0 Å². The van der Waals surface area contributed by atoms with Crippen LogP contribution in [0.5, 0.6) is 0 Å². The first-order valence-electron chi connectivity index (χ1n) is 6.37. The molecule has 0 atom stereocenters. The smallest absolute Gasteiger partial charge is 0.299 e. The summed E-state index contributed by atoms with van der Waals surface area (Å²) in [6.45, 7) is 0.134. The highest BCUT2D eigenvalue weighted by Crippen LogP contribution is 2.33. The molecule has 3 rings (SSSR count). The van der Waals surface area contributed by atoms with E-state index < -0.39 is 16.6 Å². The second-order valence-corrected chi connectivity index (χ2v) is 5.18. The van der Waals surface area contributed by atoms with Crippen LogP contribution in [0.3, 0.4) is 0 Å². The SMILES string of the molecule is O=C1C(=O)N(Cc2ccccc2Cl)c2ccc([N+](=O)[O-])cc21. The summed E-state index contributed by atoms with van der Waals surface area (Å²) in [6, 6.07) is 10.8. The number of anilines is 1. The van der Waals surface area contributed by atoms with Crippen molar-refractivity contribution in [3.8, 4) is 0 Å². The van der Waals surface area contributed by atoms with Gasteiger partial charge in [-0.2, -0.15) is 0 Å². The van der Waals surface area contributed by atoms with Crippen molar-refractivity contribution in [2.45, 2.75) is 6.54 Å². The summed E-state index contributed by atoms with van der Waals surface area (Å²) in [5.74, 6) is -1.46. The topological polar surface area (TPSA) is 80.5 Å². The first kappa shape index (κ1) is 14.2. The molecule has 0 aromatic heterocycles. The van der Waals surface area contributed by atoms with Gasteiger partial charge in [-0.25, -0.2) is 0 Å². The number of carbonyl (C=O) groups excluding carboxylic acids is 2. The summed E-state index contributed by atoms with van der Waals surface area (Å²) in [4.78, 5) is 35.6. The number of rotatable bonds is 3. The van der Waals surface area contributed by atoms with Crippen molar-refractivity contribution in [1.82, 2.24) is 0 Å². The number of nitro groups is 1. The molecule has 1 aliphatic rings. The molecule has 0 aliphatic carbocycles. The lowest BCUT2D eigenvalue weighted by molar-refractivity contribution is -0.384. The Morgan fingerprint density at radius 3 is 2.55 bits per heavy atom. The fourth-order valence-electron chi connectivity index (χ4n) is 2.36. The summed E-state index contributed by atoms with van der Waals surface area (Å²) < 4.78 is 0. The Balaban J connectivity index is 2.02. The van der Waals surface area contributed by atoms with Crippen LogP contribution in [0.25, 0.3) is 0 Å². The Bertz CT molecular complexity index is 819. The molecular weight excluding hydrogens is 308 g/mol. The Morgan fingerprint density at radius 1 is 1.14 bits per heavy atom. The number of hydrogen-bond acceptors (Lipinski definition) is 4. The van der Waals surface area contributed by atoms with Crippen LogP contribution in [0.15, 0.2) is 42.5 Å². The molecule has 1 aliphatic heterocycles. The molecule has 110 valence electrons. The van der Waals surface area contributed by atoms with E-state index >= 15 is 0 Å². The fraction of sp³-hybridized carbons (Fsp3) is 0.0667. The molecule has 6 nitrogen and oxygen atoms in total. The third-order valence-electron chi connectivity index (χ3n) is 3.45.